The van der Waals surface area contributed by atoms with E-state index >= 15 is 0 Å². The van der Waals surface area contributed by atoms with Gasteiger partial charge in [-0.25, -0.2) is 4.79 Å². The lowest BCUT2D eigenvalue weighted by molar-refractivity contribution is -0.119. The summed E-state index contributed by atoms with van der Waals surface area (Å²) in [7, 11) is 1.32. The number of likely N-dealkylation sites (tertiary alicyclic amines) is 1. The highest BCUT2D eigenvalue weighted by atomic mass is 16.5. The van der Waals surface area contributed by atoms with Gasteiger partial charge in [0.25, 0.3) is 0 Å². The van der Waals surface area contributed by atoms with E-state index in [0.717, 1.165) is 17.3 Å². The van der Waals surface area contributed by atoms with E-state index in [4.69, 9.17) is 4.74 Å². The summed E-state index contributed by atoms with van der Waals surface area (Å²) in [5.74, 6) is -0.207. The van der Waals surface area contributed by atoms with E-state index in [2.05, 4.69) is 10.3 Å². The van der Waals surface area contributed by atoms with Crippen molar-refractivity contribution in [1.29, 1.82) is 0 Å². The highest BCUT2D eigenvalue weighted by molar-refractivity contribution is 6.03. The van der Waals surface area contributed by atoms with Crippen LogP contribution in [0.1, 0.15) is 12.8 Å². The Labute approximate surface area is 128 Å². The maximum absolute atomic E-state index is 12.5. The zero-order chi connectivity index (χ0) is 15.5. The molecule has 0 bridgehead atoms. The van der Waals surface area contributed by atoms with Crippen LogP contribution >= 0.6 is 0 Å². The molecule has 2 aromatic rings. The van der Waals surface area contributed by atoms with Crippen LogP contribution in [0.4, 0.5) is 10.5 Å². The largest absolute Gasteiger partial charge is 0.453 e. The summed E-state index contributed by atoms with van der Waals surface area (Å²) in [6.45, 7) is 0.540. The van der Waals surface area contributed by atoms with Crippen LogP contribution in [0, 0.1) is 0 Å². The summed E-state index contributed by atoms with van der Waals surface area (Å²) in [6, 6.07) is 8.91. The minimum atomic E-state index is -0.494. The van der Waals surface area contributed by atoms with Gasteiger partial charge >= 0.3 is 6.09 Å². The van der Waals surface area contributed by atoms with Crippen molar-refractivity contribution in [2.45, 2.75) is 18.9 Å². The normalized spacial score (nSPS) is 17.5. The molecule has 0 aliphatic carbocycles. The number of rotatable bonds is 2. The van der Waals surface area contributed by atoms with Crippen molar-refractivity contribution in [2.75, 3.05) is 19.0 Å². The molecule has 1 aliphatic heterocycles. The minimum absolute atomic E-state index is 0.207. The van der Waals surface area contributed by atoms with Gasteiger partial charge in [-0.15, -0.1) is 0 Å². The average Bonchev–Trinajstić information content (AvgIpc) is 3.04. The van der Waals surface area contributed by atoms with Crippen LogP contribution in [-0.2, 0) is 9.53 Å². The standard InChI is InChI=1S/C16H17N3O3/c1-22-16(21)19-10-4-8-13(19)15(20)18-12-7-2-5-11-6-3-9-17-14(11)12/h2-3,5-7,9,13H,4,8,10H2,1H3,(H,18,20). The Morgan fingerprint density at radius 3 is 2.95 bits per heavy atom. The van der Waals surface area contributed by atoms with Crippen LogP contribution in [0.3, 0.4) is 0 Å². The summed E-state index contributed by atoms with van der Waals surface area (Å²) in [4.78, 5) is 30.0. The zero-order valence-corrected chi connectivity index (χ0v) is 12.3. The third-order valence-corrected chi connectivity index (χ3v) is 3.86. The molecule has 2 heterocycles. The van der Waals surface area contributed by atoms with Crippen molar-refractivity contribution < 1.29 is 14.3 Å². The Bertz CT molecular complexity index is 711. The van der Waals surface area contributed by atoms with Gasteiger partial charge in [0.15, 0.2) is 0 Å². The van der Waals surface area contributed by atoms with Gasteiger partial charge in [-0.3, -0.25) is 14.7 Å². The molecule has 1 N–H and O–H groups in total. The quantitative estimate of drug-likeness (QED) is 0.924. The Kier molecular flexibility index (Phi) is 3.91. The first-order valence-electron chi connectivity index (χ1n) is 7.20. The van der Waals surface area contributed by atoms with Crippen LogP contribution < -0.4 is 5.32 Å². The monoisotopic (exact) mass is 299 g/mol. The Morgan fingerprint density at radius 1 is 1.32 bits per heavy atom. The predicted octanol–water partition coefficient (Wildman–Crippen LogP) is 2.40. The molecule has 114 valence electrons. The third kappa shape index (κ3) is 2.59. The fraction of sp³-hybridized carbons (Fsp3) is 0.312. The van der Waals surface area contributed by atoms with Crippen LogP contribution in [0.25, 0.3) is 10.9 Å². The summed E-state index contributed by atoms with van der Waals surface area (Å²) >= 11 is 0. The van der Waals surface area contributed by atoms with Gasteiger partial charge in [-0.05, 0) is 25.0 Å². The summed E-state index contributed by atoms with van der Waals surface area (Å²) in [5, 5.41) is 3.84. The van der Waals surface area contributed by atoms with E-state index in [0.29, 0.717) is 18.7 Å². The number of aromatic nitrogens is 1. The molecule has 1 fully saturated rings. The third-order valence-electron chi connectivity index (χ3n) is 3.86. The van der Waals surface area contributed by atoms with Crippen molar-refractivity contribution >= 4 is 28.6 Å². The Hall–Kier alpha value is -2.63. The van der Waals surface area contributed by atoms with Gasteiger partial charge in [-0.2, -0.15) is 0 Å². The van der Waals surface area contributed by atoms with Crippen LogP contribution in [0.15, 0.2) is 36.5 Å². The van der Waals surface area contributed by atoms with Crippen molar-refractivity contribution in [1.82, 2.24) is 9.88 Å². The predicted molar refractivity (Wildman–Crippen MR) is 82.5 cm³/mol. The Balaban J connectivity index is 1.83. The van der Waals surface area contributed by atoms with Gasteiger partial charge in [0.05, 0.1) is 18.3 Å². The zero-order valence-electron chi connectivity index (χ0n) is 12.3. The number of hydrogen-bond acceptors (Lipinski definition) is 4. The highest BCUT2D eigenvalue weighted by Gasteiger charge is 2.34. The van der Waals surface area contributed by atoms with E-state index in [-0.39, 0.29) is 5.91 Å². The number of fused-ring (bicyclic) bond motifs is 1. The topological polar surface area (TPSA) is 71.5 Å². The number of para-hydroxylation sites is 1. The van der Waals surface area contributed by atoms with Crippen LogP contribution in [-0.4, -0.2) is 41.6 Å². The molecule has 1 aliphatic rings. The second-order valence-corrected chi connectivity index (χ2v) is 5.19. The van der Waals surface area contributed by atoms with Crippen molar-refractivity contribution in [2.24, 2.45) is 0 Å². The molecule has 2 amide bonds. The van der Waals surface area contributed by atoms with Crippen molar-refractivity contribution in [3.05, 3.63) is 36.5 Å². The number of ether oxygens (including phenoxy) is 1. The van der Waals surface area contributed by atoms with Gasteiger partial charge in [0, 0.05) is 18.1 Å². The van der Waals surface area contributed by atoms with E-state index in [1.807, 2.05) is 30.3 Å². The van der Waals surface area contributed by atoms with E-state index < -0.39 is 12.1 Å². The molecule has 1 saturated heterocycles. The van der Waals surface area contributed by atoms with Gasteiger partial charge in [0.1, 0.15) is 6.04 Å². The molecule has 0 radical (unpaired) electrons. The SMILES string of the molecule is COC(=O)N1CCCC1C(=O)Nc1cccc2cccnc12. The first-order valence-corrected chi connectivity index (χ1v) is 7.20. The molecule has 6 nitrogen and oxygen atoms in total. The molecule has 0 spiro atoms. The lowest BCUT2D eigenvalue weighted by atomic mass is 10.1. The molecule has 22 heavy (non-hydrogen) atoms. The maximum atomic E-state index is 12.5. The number of benzene rings is 1. The second-order valence-electron chi connectivity index (χ2n) is 5.19. The number of carbonyl (C=O) groups excluding carboxylic acids is 2. The van der Waals surface area contributed by atoms with Crippen LogP contribution in [0.5, 0.6) is 0 Å². The first kappa shape index (κ1) is 14.3. The second kappa shape index (κ2) is 6.01. The first-order chi connectivity index (χ1) is 10.7. The van der Waals surface area contributed by atoms with E-state index in [9.17, 15) is 9.59 Å². The average molecular weight is 299 g/mol. The number of nitrogens with zero attached hydrogens (tertiary/aromatic N) is 2. The molecule has 1 atom stereocenters. The summed E-state index contributed by atoms with van der Waals surface area (Å²) in [5.41, 5.74) is 1.39. The Morgan fingerprint density at radius 2 is 2.14 bits per heavy atom. The fourth-order valence-corrected chi connectivity index (χ4v) is 2.80. The van der Waals surface area contributed by atoms with Crippen molar-refractivity contribution in [3.8, 4) is 0 Å². The van der Waals surface area contributed by atoms with Gasteiger partial charge in [-0.1, -0.05) is 18.2 Å². The molecular formula is C16H17N3O3. The smallest absolute Gasteiger partial charge is 0.410 e. The number of carbonyl (C=O) groups is 2. The lowest BCUT2D eigenvalue weighted by Gasteiger charge is -2.22. The number of pyridine rings is 1. The maximum Gasteiger partial charge on any atom is 0.410 e. The number of nitrogens with one attached hydrogen (secondary N) is 1. The molecule has 1 unspecified atom stereocenters. The number of anilines is 1. The minimum Gasteiger partial charge on any atom is -0.453 e. The van der Waals surface area contributed by atoms with Gasteiger partial charge in [0.2, 0.25) is 5.91 Å². The van der Waals surface area contributed by atoms with E-state index in [1.54, 1.807) is 6.20 Å². The molecule has 0 saturated carbocycles. The van der Waals surface area contributed by atoms with Gasteiger partial charge < -0.3 is 10.1 Å². The molecule has 6 heteroatoms. The number of hydrogen-bond donors (Lipinski definition) is 1. The highest BCUT2D eigenvalue weighted by Crippen LogP contribution is 2.23. The molecule has 1 aromatic heterocycles. The number of amides is 2. The summed E-state index contributed by atoms with van der Waals surface area (Å²) in [6.07, 6.45) is 2.66. The fourth-order valence-electron chi connectivity index (χ4n) is 2.80. The summed E-state index contributed by atoms with van der Waals surface area (Å²) < 4.78 is 4.73. The molecule has 1 aromatic carbocycles. The lowest BCUT2D eigenvalue weighted by Crippen LogP contribution is -2.43. The van der Waals surface area contributed by atoms with E-state index in [1.165, 1.54) is 12.0 Å². The van der Waals surface area contributed by atoms with Crippen LogP contribution in [0.2, 0.25) is 0 Å². The van der Waals surface area contributed by atoms with Crippen molar-refractivity contribution in [3.63, 3.8) is 0 Å². The number of methoxy groups -OCH3 is 1. The molecular weight excluding hydrogens is 282 g/mol. The molecule has 3 rings (SSSR count).